The van der Waals surface area contributed by atoms with Gasteiger partial charge in [-0.25, -0.2) is 9.97 Å². The molecule has 0 aliphatic carbocycles. The van der Waals surface area contributed by atoms with Gasteiger partial charge in [0.05, 0.1) is 28.1 Å². The van der Waals surface area contributed by atoms with Crippen molar-refractivity contribution in [2.75, 3.05) is 5.32 Å². The van der Waals surface area contributed by atoms with Gasteiger partial charge < -0.3 is 10.6 Å². The fourth-order valence-corrected chi connectivity index (χ4v) is 2.84. The number of rotatable bonds is 5. The van der Waals surface area contributed by atoms with Crippen LogP contribution >= 0.6 is 23.2 Å². The van der Waals surface area contributed by atoms with Crippen molar-refractivity contribution >= 4 is 40.6 Å². The Kier molecular flexibility index (Phi) is 5.71. The van der Waals surface area contributed by atoms with Gasteiger partial charge in [0, 0.05) is 6.54 Å². The third kappa shape index (κ3) is 4.50. The molecule has 1 aromatic heterocycles. The summed E-state index contributed by atoms with van der Waals surface area (Å²) < 4.78 is 0. The molecule has 0 spiro atoms. The van der Waals surface area contributed by atoms with Crippen LogP contribution in [0.2, 0.25) is 10.0 Å². The van der Waals surface area contributed by atoms with Gasteiger partial charge in [0.2, 0.25) is 0 Å². The number of halogens is 2. The van der Waals surface area contributed by atoms with E-state index >= 15 is 0 Å². The Bertz CT molecular complexity index is 909. The van der Waals surface area contributed by atoms with Crippen molar-refractivity contribution in [1.29, 1.82) is 0 Å². The van der Waals surface area contributed by atoms with Crippen LogP contribution in [0.1, 0.15) is 21.6 Å². The molecule has 0 saturated carbocycles. The van der Waals surface area contributed by atoms with Gasteiger partial charge in [-0.3, -0.25) is 4.79 Å². The van der Waals surface area contributed by atoms with Crippen LogP contribution in [0.4, 0.5) is 11.5 Å². The minimum Gasteiger partial charge on any atom is -0.347 e. The van der Waals surface area contributed by atoms with Gasteiger partial charge in [-0.1, -0.05) is 59.1 Å². The lowest BCUT2D eigenvalue weighted by Gasteiger charge is -2.10. The standard InChI is InChI=1S/C19H16Cl2N4O/c1-12-4-2-5-13(8-12)9-24-19(26)16-10-23-17(11-22-16)25-18-14(20)6-3-7-15(18)21/h2-8,10-11H,9H2,1H3,(H,23,25)(H,24,26). The Hall–Kier alpha value is -2.63. The van der Waals surface area contributed by atoms with Crippen LogP contribution in [0.3, 0.4) is 0 Å². The molecule has 0 atom stereocenters. The molecule has 7 heteroatoms. The molecule has 1 amide bonds. The summed E-state index contributed by atoms with van der Waals surface area (Å²) in [5.74, 6) is 0.150. The smallest absolute Gasteiger partial charge is 0.271 e. The van der Waals surface area contributed by atoms with Crippen molar-refractivity contribution in [1.82, 2.24) is 15.3 Å². The van der Waals surface area contributed by atoms with Crippen molar-refractivity contribution in [3.63, 3.8) is 0 Å². The average molecular weight is 387 g/mol. The lowest BCUT2D eigenvalue weighted by Crippen LogP contribution is -2.24. The molecule has 26 heavy (non-hydrogen) atoms. The van der Waals surface area contributed by atoms with Crippen LogP contribution in [-0.4, -0.2) is 15.9 Å². The number of aryl methyl sites for hydroxylation is 1. The lowest BCUT2D eigenvalue weighted by atomic mass is 10.1. The topological polar surface area (TPSA) is 66.9 Å². The van der Waals surface area contributed by atoms with E-state index < -0.39 is 0 Å². The molecular formula is C19H16Cl2N4O. The number of nitrogens with one attached hydrogen (secondary N) is 2. The van der Waals surface area contributed by atoms with Crippen molar-refractivity contribution in [3.05, 3.63) is 81.7 Å². The molecule has 0 fully saturated rings. The van der Waals surface area contributed by atoms with Crippen molar-refractivity contribution < 1.29 is 4.79 Å². The number of aromatic nitrogens is 2. The fraction of sp³-hybridized carbons (Fsp3) is 0.105. The molecule has 0 aliphatic rings. The number of anilines is 2. The molecule has 3 aromatic rings. The number of nitrogens with zero attached hydrogens (tertiary/aromatic N) is 2. The maximum atomic E-state index is 12.2. The summed E-state index contributed by atoms with van der Waals surface area (Å²) in [6.45, 7) is 2.44. The first-order chi connectivity index (χ1) is 12.5. The lowest BCUT2D eigenvalue weighted by molar-refractivity contribution is 0.0945. The predicted molar refractivity (Wildman–Crippen MR) is 104 cm³/mol. The Morgan fingerprint density at radius 2 is 1.77 bits per heavy atom. The predicted octanol–water partition coefficient (Wildman–Crippen LogP) is 4.77. The van der Waals surface area contributed by atoms with Gasteiger partial charge >= 0.3 is 0 Å². The first-order valence-electron chi connectivity index (χ1n) is 7.90. The number of carbonyl (C=O) groups is 1. The highest BCUT2D eigenvalue weighted by atomic mass is 35.5. The highest BCUT2D eigenvalue weighted by Crippen LogP contribution is 2.31. The quantitative estimate of drug-likeness (QED) is 0.662. The van der Waals surface area contributed by atoms with E-state index in [1.807, 2.05) is 31.2 Å². The van der Waals surface area contributed by atoms with Gasteiger partial charge in [0.25, 0.3) is 5.91 Å². The highest BCUT2D eigenvalue weighted by Gasteiger charge is 2.10. The van der Waals surface area contributed by atoms with E-state index in [9.17, 15) is 4.79 Å². The van der Waals surface area contributed by atoms with E-state index in [2.05, 4.69) is 20.6 Å². The second-order valence-electron chi connectivity index (χ2n) is 5.68. The molecule has 5 nitrogen and oxygen atoms in total. The van der Waals surface area contributed by atoms with E-state index in [-0.39, 0.29) is 11.6 Å². The van der Waals surface area contributed by atoms with E-state index in [0.29, 0.717) is 28.1 Å². The van der Waals surface area contributed by atoms with Gasteiger partial charge in [0.15, 0.2) is 0 Å². The summed E-state index contributed by atoms with van der Waals surface area (Å²) in [7, 11) is 0. The summed E-state index contributed by atoms with van der Waals surface area (Å²) in [4.78, 5) is 20.5. The second kappa shape index (κ2) is 8.17. The Morgan fingerprint density at radius 1 is 1.04 bits per heavy atom. The van der Waals surface area contributed by atoms with E-state index in [1.54, 1.807) is 18.2 Å². The Morgan fingerprint density at radius 3 is 2.42 bits per heavy atom. The summed E-state index contributed by atoms with van der Waals surface area (Å²) in [6.07, 6.45) is 2.86. The normalized spacial score (nSPS) is 10.4. The number of amides is 1. The van der Waals surface area contributed by atoms with Crippen molar-refractivity contribution in [2.24, 2.45) is 0 Å². The zero-order valence-electron chi connectivity index (χ0n) is 14.0. The van der Waals surface area contributed by atoms with Crippen molar-refractivity contribution in [3.8, 4) is 0 Å². The summed E-state index contributed by atoms with van der Waals surface area (Å²) >= 11 is 12.2. The highest BCUT2D eigenvalue weighted by molar-refractivity contribution is 6.39. The molecule has 1 heterocycles. The molecule has 2 N–H and O–H groups in total. The minimum atomic E-state index is -0.290. The monoisotopic (exact) mass is 386 g/mol. The Balaban J connectivity index is 1.64. The first-order valence-corrected chi connectivity index (χ1v) is 8.65. The van der Waals surface area contributed by atoms with Gasteiger partial charge in [0.1, 0.15) is 11.5 Å². The third-order valence-corrected chi connectivity index (χ3v) is 4.27. The maximum Gasteiger partial charge on any atom is 0.271 e. The fourth-order valence-electron chi connectivity index (χ4n) is 2.35. The van der Waals surface area contributed by atoms with Gasteiger partial charge in [-0.2, -0.15) is 0 Å². The average Bonchev–Trinajstić information content (AvgIpc) is 2.63. The molecule has 0 radical (unpaired) electrons. The van der Waals surface area contributed by atoms with Crippen LogP contribution in [-0.2, 0) is 6.54 Å². The number of hydrogen-bond donors (Lipinski definition) is 2. The molecule has 0 aliphatic heterocycles. The molecule has 132 valence electrons. The zero-order chi connectivity index (χ0) is 18.5. The van der Waals surface area contributed by atoms with E-state index in [4.69, 9.17) is 23.2 Å². The van der Waals surface area contributed by atoms with Gasteiger partial charge in [-0.05, 0) is 24.6 Å². The molecule has 2 aromatic carbocycles. The van der Waals surface area contributed by atoms with Crippen LogP contribution in [0.25, 0.3) is 0 Å². The van der Waals surface area contributed by atoms with Crippen LogP contribution < -0.4 is 10.6 Å². The summed E-state index contributed by atoms with van der Waals surface area (Å²) in [5.41, 5.74) is 2.94. The zero-order valence-corrected chi connectivity index (χ0v) is 15.5. The molecule has 0 saturated heterocycles. The largest absolute Gasteiger partial charge is 0.347 e. The van der Waals surface area contributed by atoms with Crippen LogP contribution in [0, 0.1) is 6.92 Å². The van der Waals surface area contributed by atoms with Crippen LogP contribution in [0.15, 0.2) is 54.9 Å². The summed E-state index contributed by atoms with van der Waals surface area (Å²) in [5, 5.41) is 6.77. The molecule has 3 rings (SSSR count). The number of carbonyl (C=O) groups excluding carboxylic acids is 1. The SMILES string of the molecule is Cc1cccc(CNC(=O)c2cnc(Nc3c(Cl)cccc3Cl)cn2)c1. The number of hydrogen-bond acceptors (Lipinski definition) is 4. The molecule has 0 unspecified atom stereocenters. The minimum absolute atomic E-state index is 0.230. The molecular weight excluding hydrogens is 371 g/mol. The van der Waals surface area contributed by atoms with Gasteiger partial charge in [-0.15, -0.1) is 0 Å². The second-order valence-corrected chi connectivity index (χ2v) is 6.49. The third-order valence-electron chi connectivity index (χ3n) is 3.64. The maximum absolute atomic E-state index is 12.2. The number of para-hydroxylation sites is 1. The van der Waals surface area contributed by atoms with Crippen molar-refractivity contribution in [2.45, 2.75) is 13.5 Å². The first kappa shape index (κ1) is 18.2. The molecule has 0 bridgehead atoms. The van der Waals surface area contributed by atoms with E-state index in [0.717, 1.165) is 11.1 Å². The number of benzene rings is 2. The Labute approximate surface area is 161 Å². The van der Waals surface area contributed by atoms with Crippen LogP contribution in [0.5, 0.6) is 0 Å². The summed E-state index contributed by atoms with van der Waals surface area (Å²) in [6, 6.07) is 13.1. The van der Waals surface area contributed by atoms with E-state index in [1.165, 1.54) is 12.4 Å².